The summed E-state index contributed by atoms with van der Waals surface area (Å²) in [5.41, 5.74) is 4.75. The molecule has 2 heterocycles. The number of ether oxygens (including phenoxy) is 1. The minimum Gasteiger partial charge on any atom is -0.508 e. The summed E-state index contributed by atoms with van der Waals surface area (Å²) >= 11 is 0. The van der Waals surface area contributed by atoms with Crippen molar-refractivity contribution in [2.75, 3.05) is 24.6 Å². The molecule has 2 unspecified atom stereocenters. The molecule has 2 aliphatic heterocycles. The number of rotatable bonds is 8. The van der Waals surface area contributed by atoms with Crippen LogP contribution >= 0.6 is 0 Å². The van der Waals surface area contributed by atoms with Gasteiger partial charge in [-0.05, 0) is 110 Å². The fraction of sp³-hybridized carbons (Fsp3) is 0.400. The van der Waals surface area contributed by atoms with Crippen LogP contribution < -0.4 is 15.0 Å². The molecule has 1 saturated heterocycles. The number of nitrogens with one attached hydrogen (secondary N) is 1. The van der Waals surface area contributed by atoms with Crippen molar-refractivity contribution in [3.63, 3.8) is 0 Å². The van der Waals surface area contributed by atoms with Gasteiger partial charge in [0.2, 0.25) is 0 Å². The van der Waals surface area contributed by atoms with Gasteiger partial charge in [-0.15, -0.1) is 0 Å². The third kappa shape index (κ3) is 5.96. The molecule has 0 aliphatic carbocycles. The van der Waals surface area contributed by atoms with Gasteiger partial charge >= 0.3 is 0 Å². The standard InChI is InChI=1S/C30H35FN2O2/c31-24-7-9-26(10-8-24)33-19-16-23-21-27(34)11-14-29(23)30(33)15-6-22-4-12-28(13-5-22)35-20-17-25-3-1-2-18-32-25/h4-5,7-14,21,25,30,32,34H,1-3,6,15-20H2. The van der Waals surface area contributed by atoms with E-state index in [1.54, 1.807) is 6.07 Å². The fourth-order valence-electron chi connectivity index (χ4n) is 5.50. The van der Waals surface area contributed by atoms with E-state index in [4.69, 9.17) is 4.74 Å². The van der Waals surface area contributed by atoms with Gasteiger partial charge in [-0.2, -0.15) is 0 Å². The van der Waals surface area contributed by atoms with Gasteiger partial charge in [0.1, 0.15) is 17.3 Å². The third-order valence-electron chi connectivity index (χ3n) is 7.42. The van der Waals surface area contributed by atoms with Gasteiger partial charge < -0.3 is 20.1 Å². The third-order valence-corrected chi connectivity index (χ3v) is 7.42. The molecular formula is C30H35FN2O2. The summed E-state index contributed by atoms with van der Waals surface area (Å²) in [5, 5.41) is 13.6. The molecule has 2 atom stereocenters. The van der Waals surface area contributed by atoms with Crippen LogP contribution in [0.1, 0.15) is 54.8 Å². The zero-order valence-corrected chi connectivity index (χ0v) is 20.3. The molecule has 0 aromatic heterocycles. The van der Waals surface area contributed by atoms with E-state index in [1.807, 2.05) is 24.3 Å². The van der Waals surface area contributed by atoms with Crippen molar-refractivity contribution in [3.8, 4) is 11.5 Å². The second kappa shape index (κ2) is 11.1. The van der Waals surface area contributed by atoms with Crippen molar-refractivity contribution >= 4 is 5.69 Å². The number of fused-ring (bicyclic) bond motifs is 1. The molecule has 0 radical (unpaired) electrons. The monoisotopic (exact) mass is 474 g/mol. The fourth-order valence-corrected chi connectivity index (χ4v) is 5.50. The first kappa shape index (κ1) is 23.7. The van der Waals surface area contributed by atoms with Crippen molar-refractivity contribution in [2.24, 2.45) is 0 Å². The van der Waals surface area contributed by atoms with Gasteiger partial charge in [-0.1, -0.05) is 24.6 Å². The van der Waals surface area contributed by atoms with Gasteiger partial charge in [0, 0.05) is 18.3 Å². The highest BCUT2D eigenvalue weighted by Gasteiger charge is 2.27. The zero-order valence-electron chi connectivity index (χ0n) is 20.3. The van der Waals surface area contributed by atoms with E-state index in [-0.39, 0.29) is 11.9 Å². The molecule has 2 N–H and O–H groups in total. The van der Waals surface area contributed by atoms with Crippen LogP contribution in [0.3, 0.4) is 0 Å². The van der Waals surface area contributed by atoms with E-state index in [2.05, 4.69) is 34.5 Å². The van der Waals surface area contributed by atoms with Gasteiger partial charge in [0.25, 0.3) is 0 Å². The largest absolute Gasteiger partial charge is 0.508 e. The van der Waals surface area contributed by atoms with Gasteiger partial charge in [-0.25, -0.2) is 4.39 Å². The summed E-state index contributed by atoms with van der Waals surface area (Å²) in [6.45, 7) is 2.72. The number of aromatic hydroxyl groups is 1. The summed E-state index contributed by atoms with van der Waals surface area (Å²) < 4.78 is 19.5. The lowest BCUT2D eigenvalue weighted by Crippen LogP contribution is -2.35. The number of phenolic OH excluding ortho intramolecular Hbond substituents is 1. The van der Waals surface area contributed by atoms with Gasteiger partial charge in [0.15, 0.2) is 0 Å². The molecule has 2 aliphatic rings. The molecule has 0 amide bonds. The number of hydrogen-bond acceptors (Lipinski definition) is 4. The van der Waals surface area contributed by atoms with E-state index in [9.17, 15) is 9.50 Å². The number of phenols is 1. The Morgan fingerprint density at radius 3 is 2.57 bits per heavy atom. The van der Waals surface area contributed by atoms with Crippen LogP contribution in [-0.4, -0.2) is 30.8 Å². The molecule has 5 rings (SSSR count). The number of hydrogen-bond donors (Lipinski definition) is 2. The average molecular weight is 475 g/mol. The van der Waals surface area contributed by atoms with Gasteiger partial charge in [-0.3, -0.25) is 0 Å². The van der Waals surface area contributed by atoms with Crippen molar-refractivity contribution in [1.29, 1.82) is 0 Å². The predicted octanol–water partition coefficient (Wildman–Crippen LogP) is 6.18. The van der Waals surface area contributed by atoms with Crippen LogP contribution in [0.4, 0.5) is 10.1 Å². The van der Waals surface area contributed by atoms with E-state index in [1.165, 1.54) is 48.1 Å². The molecule has 4 nitrogen and oxygen atoms in total. The van der Waals surface area contributed by atoms with E-state index in [0.29, 0.717) is 11.8 Å². The molecule has 3 aromatic carbocycles. The minimum atomic E-state index is -0.218. The predicted molar refractivity (Wildman–Crippen MR) is 139 cm³/mol. The lowest BCUT2D eigenvalue weighted by molar-refractivity contribution is 0.268. The zero-order chi connectivity index (χ0) is 24.0. The smallest absolute Gasteiger partial charge is 0.123 e. The Bertz CT molecular complexity index is 1090. The maximum atomic E-state index is 13.5. The molecule has 5 heteroatoms. The van der Waals surface area contributed by atoms with Crippen LogP contribution in [-0.2, 0) is 12.8 Å². The summed E-state index contributed by atoms with van der Waals surface area (Å²) in [5.74, 6) is 1.02. The van der Waals surface area contributed by atoms with Crippen LogP contribution in [0.15, 0.2) is 66.7 Å². The van der Waals surface area contributed by atoms with Crippen LogP contribution in [0, 0.1) is 5.82 Å². The van der Waals surface area contributed by atoms with Crippen molar-refractivity contribution in [3.05, 3.63) is 89.2 Å². The number of nitrogens with zero attached hydrogens (tertiary/aromatic N) is 1. The summed E-state index contributed by atoms with van der Waals surface area (Å²) in [6.07, 6.45) is 7.63. The summed E-state index contributed by atoms with van der Waals surface area (Å²) in [7, 11) is 0. The van der Waals surface area contributed by atoms with Crippen molar-refractivity contribution in [2.45, 2.75) is 57.0 Å². The van der Waals surface area contributed by atoms with Crippen LogP contribution in [0.25, 0.3) is 0 Å². The molecule has 0 saturated carbocycles. The molecule has 184 valence electrons. The molecule has 1 fully saturated rings. The molecule has 3 aromatic rings. The maximum absolute atomic E-state index is 13.5. The average Bonchev–Trinajstić information content (AvgIpc) is 2.89. The van der Waals surface area contributed by atoms with Crippen molar-refractivity contribution < 1.29 is 14.2 Å². The summed E-state index contributed by atoms with van der Waals surface area (Å²) in [6, 6.07) is 21.7. The lowest BCUT2D eigenvalue weighted by Gasteiger charge is -2.39. The quantitative estimate of drug-likeness (QED) is 0.409. The number of anilines is 1. The van der Waals surface area contributed by atoms with E-state index < -0.39 is 0 Å². The first-order chi connectivity index (χ1) is 17.2. The normalized spacial score (nSPS) is 19.9. The molecule has 0 spiro atoms. The Kier molecular flexibility index (Phi) is 7.53. The Morgan fingerprint density at radius 2 is 1.80 bits per heavy atom. The number of benzene rings is 3. The second-order valence-corrected chi connectivity index (χ2v) is 9.79. The van der Waals surface area contributed by atoms with Crippen molar-refractivity contribution in [1.82, 2.24) is 5.32 Å². The second-order valence-electron chi connectivity index (χ2n) is 9.79. The van der Waals surface area contributed by atoms with Gasteiger partial charge in [0.05, 0.1) is 12.6 Å². The summed E-state index contributed by atoms with van der Waals surface area (Å²) in [4.78, 5) is 2.37. The Hall–Kier alpha value is -3.05. The first-order valence-electron chi connectivity index (χ1n) is 12.9. The highest BCUT2D eigenvalue weighted by Crippen LogP contribution is 2.38. The molecular weight excluding hydrogens is 439 g/mol. The highest BCUT2D eigenvalue weighted by atomic mass is 19.1. The number of aryl methyl sites for hydroxylation is 1. The van der Waals surface area contributed by atoms with Crippen LogP contribution in [0.2, 0.25) is 0 Å². The SMILES string of the molecule is Oc1ccc2c(c1)CCN(c1ccc(F)cc1)C2CCc1ccc(OCCC2CCCCN2)cc1. The topological polar surface area (TPSA) is 44.7 Å². The maximum Gasteiger partial charge on any atom is 0.123 e. The van der Waals surface area contributed by atoms with Crippen LogP contribution in [0.5, 0.6) is 11.5 Å². The Balaban J connectivity index is 1.23. The molecule has 0 bridgehead atoms. The first-order valence-corrected chi connectivity index (χ1v) is 12.9. The lowest BCUT2D eigenvalue weighted by atomic mass is 9.88. The number of halogens is 1. The minimum absolute atomic E-state index is 0.170. The van der Waals surface area contributed by atoms with E-state index in [0.717, 1.165) is 56.8 Å². The highest BCUT2D eigenvalue weighted by molar-refractivity contribution is 5.53. The molecule has 35 heavy (non-hydrogen) atoms. The number of piperidine rings is 1. The van der Waals surface area contributed by atoms with E-state index >= 15 is 0 Å². The Morgan fingerprint density at radius 1 is 0.971 bits per heavy atom. The Labute approximate surface area is 207 Å².